The van der Waals surface area contributed by atoms with Crippen molar-refractivity contribution in [2.75, 3.05) is 7.11 Å². The molecule has 82 valence electrons. The van der Waals surface area contributed by atoms with E-state index >= 15 is 0 Å². The van der Waals surface area contributed by atoms with E-state index in [0.717, 1.165) is 6.42 Å². The second-order valence-electron chi connectivity index (χ2n) is 4.68. The Kier molecular flexibility index (Phi) is 4.43. The second kappa shape index (κ2) is 5.38. The van der Waals surface area contributed by atoms with Crippen molar-refractivity contribution in [1.82, 2.24) is 0 Å². The van der Waals surface area contributed by atoms with Crippen molar-refractivity contribution in [3.8, 4) is 0 Å². The number of carbonyl (C=O) groups is 1. The van der Waals surface area contributed by atoms with Crippen LogP contribution in [-0.4, -0.2) is 13.1 Å². The SMILES string of the molecule is COC(=O)C1CCCCCC1C(C)C. The van der Waals surface area contributed by atoms with Crippen LogP contribution < -0.4 is 0 Å². The minimum Gasteiger partial charge on any atom is -0.469 e. The molecule has 0 aromatic rings. The summed E-state index contributed by atoms with van der Waals surface area (Å²) >= 11 is 0. The summed E-state index contributed by atoms with van der Waals surface area (Å²) in [5.41, 5.74) is 0. The van der Waals surface area contributed by atoms with Gasteiger partial charge in [0.2, 0.25) is 0 Å². The maximum Gasteiger partial charge on any atom is 0.308 e. The summed E-state index contributed by atoms with van der Waals surface area (Å²) in [6.07, 6.45) is 5.95. The zero-order valence-corrected chi connectivity index (χ0v) is 9.58. The van der Waals surface area contributed by atoms with Gasteiger partial charge in [0.1, 0.15) is 0 Å². The number of carbonyl (C=O) groups excluding carboxylic acids is 1. The first-order valence-electron chi connectivity index (χ1n) is 5.74. The van der Waals surface area contributed by atoms with E-state index in [0.29, 0.717) is 11.8 Å². The Morgan fingerprint density at radius 1 is 1.21 bits per heavy atom. The summed E-state index contributed by atoms with van der Waals surface area (Å²) in [4.78, 5) is 11.6. The van der Waals surface area contributed by atoms with Crippen molar-refractivity contribution in [1.29, 1.82) is 0 Å². The number of rotatable bonds is 2. The molecule has 1 saturated carbocycles. The third kappa shape index (κ3) is 2.73. The molecule has 1 aliphatic carbocycles. The van der Waals surface area contributed by atoms with Crippen LogP contribution in [0.25, 0.3) is 0 Å². The fourth-order valence-corrected chi connectivity index (χ4v) is 2.58. The molecule has 0 aromatic carbocycles. The summed E-state index contributed by atoms with van der Waals surface area (Å²) in [6.45, 7) is 4.43. The Balaban J connectivity index is 2.68. The van der Waals surface area contributed by atoms with E-state index in [1.165, 1.54) is 32.8 Å². The highest BCUT2D eigenvalue weighted by Crippen LogP contribution is 2.34. The van der Waals surface area contributed by atoms with Crippen molar-refractivity contribution >= 4 is 5.97 Å². The highest BCUT2D eigenvalue weighted by molar-refractivity contribution is 5.72. The Morgan fingerprint density at radius 2 is 1.86 bits per heavy atom. The van der Waals surface area contributed by atoms with Gasteiger partial charge in [0.15, 0.2) is 0 Å². The van der Waals surface area contributed by atoms with Gasteiger partial charge in [0.25, 0.3) is 0 Å². The molecule has 0 heterocycles. The van der Waals surface area contributed by atoms with E-state index in [-0.39, 0.29) is 11.9 Å². The lowest BCUT2D eigenvalue weighted by atomic mass is 9.80. The van der Waals surface area contributed by atoms with Gasteiger partial charge in [-0.15, -0.1) is 0 Å². The van der Waals surface area contributed by atoms with Crippen molar-refractivity contribution in [3.63, 3.8) is 0 Å². The standard InChI is InChI=1S/C12H22O2/c1-9(2)10-7-5-4-6-8-11(10)12(13)14-3/h9-11H,4-8H2,1-3H3. The number of esters is 1. The van der Waals surface area contributed by atoms with Crippen molar-refractivity contribution < 1.29 is 9.53 Å². The van der Waals surface area contributed by atoms with E-state index in [4.69, 9.17) is 4.74 Å². The van der Waals surface area contributed by atoms with Gasteiger partial charge in [-0.3, -0.25) is 4.79 Å². The van der Waals surface area contributed by atoms with Crippen molar-refractivity contribution in [2.45, 2.75) is 46.0 Å². The lowest BCUT2D eigenvalue weighted by molar-refractivity contribution is -0.148. The first-order chi connectivity index (χ1) is 6.66. The Hall–Kier alpha value is -0.530. The molecule has 0 aliphatic heterocycles. The largest absolute Gasteiger partial charge is 0.469 e. The third-order valence-corrected chi connectivity index (χ3v) is 3.43. The minimum atomic E-state index is 0.00519. The highest BCUT2D eigenvalue weighted by atomic mass is 16.5. The second-order valence-corrected chi connectivity index (χ2v) is 4.68. The van der Waals surface area contributed by atoms with Gasteiger partial charge in [-0.1, -0.05) is 33.1 Å². The van der Waals surface area contributed by atoms with Gasteiger partial charge in [0.05, 0.1) is 13.0 Å². The number of hydrogen-bond donors (Lipinski definition) is 0. The molecule has 0 spiro atoms. The summed E-state index contributed by atoms with van der Waals surface area (Å²) in [5.74, 6) is 1.29. The molecule has 2 nitrogen and oxygen atoms in total. The highest BCUT2D eigenvalue weighted by Gasteiger charge is 2.31. The molecule has 14 heavy (non-hydrogen) atoms. The molecule has 1 aliphatic rings. The molecule has 0 bridgehead atoms. The summed E-state index contributed by atoms with van der Waals surface area (Å²) in [6, 6.07) is 0. The summed E-state index contributed by atoms with van der Waals surface area (Å²) < 4.78 is 4.89. The molecule has 0 radical (unpaired) electrons. The number of hydrogen-bond acceptors (Lipinski definition) is 2. The van der Waals surface area contributed by atoms with Crippen LogP contribution in [0.3, 0.4) is 0 Å². The predicted molar refractivity (Wildman–Crippen MR) is 56.9 cm³/mol. The van der Waals surface area contributed by atoms with Crippen LogP contribution in [0.1, 0.15) is 46.0 Å². The van der Waals surface area contributed by atoms with Gasteiger partial charge in [-0.25, -0.2) is 0 Å². The molecule has 2 atom stereocenters. The average Bonchev–Trinajstić information content (AvgIpc) is 2.41. The molecular weight excluding hydrogens is 176 g/mol. The predicted octanol–water partition coefficient (Wildman–Crippen LogP) is 3.01. The molecule has 2 heteroatoms. The maximum absolute atomic E-state index is 11.6. The van der Waals surface area contributed by atoms with Crippen LogP contribution in [0.5, 0.6) is 0 Å². The molecule has 1 rings (SSSR count). The average molecular weight is 198 g/mol. The molecular formula is C12H22O2. The van der Waals surface area contributed by atoms with Crippen LogP contribution in [0.4, 0.5) is 0 Å². The Labute approximate surface area is 87.0 Å². The van der Waals surface area contributed by atoms with E-state index in [2.05, 4.69) is 13.8 Å². The molecule has 2 unspecified atom stereocenters. The fourth-order valence-electron chi connectivity index (χ4n) is 2.58. The smallest absolute Gasteiger partial charge is 0.308 e. The maximum atomic E-state index is 11.6. The Morgan fingerprint density at radius 3 is 2.43 bits per heavy atom. The van der Waals surface area contributed by atoms with E-state index in [1.807, 2.05) is 0 Å². The zero-order valence-electron chi connectivity index (χ0n) is 9.58. The summed E-state index contributed by atoms with van der Waals surface area (Å²) in [7, 11) is 1.50. The van der Waals surface area contributed by atoms with E-state index in [1.54, 1.807) is 0 Å². The van der Waals surface area contributed by atoms with Crippen LogP contribution >= 0.6 is 0 Å². The third-order valence-electron chi connectivity index (χ3n) is 3.43. The summed E-state index contributed by atoms with van der Waals surface area (Å²) in [5, 5.41) is 0. The van der Waals surface area contributed by atoms with Gasteiger partial charge >= 0.3 is 5.97 Å². The topological polar surface area (TPSA) is 26.3 Å². The fraction of sp³-hybridized carbons (Fsp3) is 0.917. The van der Waals surface area contributed by atoms with Gasteiger partial charge in [-0.2, -0.15) is 0 Å². The molecule has 0 aromatic heterocycles. The zero-order chi connectivity index (χ0) is 10.6. The quantitative estimate of drug-likeness (QED) is 0.503. The van der Waals surface area contributed by atoms with E-state index < -0.39 is 0 Å². The van der Waals surface area contributed by atoms with Crippen LogP contribution in [0.15, 0.2) is 0 Å². The number of methoxy groups -OCH3 is 1. The molecule has 0 saturated heterocycles. The normalized spacial score (nSPS) is 28.6. The van der Waals surface area contributed by atoms with Crippen LogP contribution in [0.2, 0.25) is 0 Å². The monoisotopic (exact) mass is 198 g/mol. The van der Waals surface area contributed by atoms with E-state index in [9.17, 15) is 4.79 Å². The van der Waals surface area contributed by atoms with Gasteiger partial charge < -0.3 is 4.74 Å². The molecule has 1 fully saturated rings. The van der Waals surface area contributed by atoms with Crippen molar-refractivity contribution in [2.24, 2.45) is 17.8 Å². The Bertz CT molecular complexity index is 187. The first-order valence-corrected chi connectivity index (χ1v) is 5.74. The van der Waals surface area contributed by atoms with Crippen LogP contribution in [0, 0.1) is 17.8 Å². The molecule has 0 N–H and O–H groups in total. The first kappa shape index (κ1) is 11.5. The van der Waals surface area contributed by atoms with Crippen LogP contribution in [-0.2, 0) is 9.53 Å². The number of ether oxygens (including phenoxy) is 1. The van der Waals surface area contributed by atoms with Crippen molar-refractivity contribution in [3.05, 3.63) is 0 Å². The van der Waals surface area contributed by atoms with Gasteiger partial charge in [0, 0.05) is 0 Å². The lowest BCUT2D eigenvalue weighted by Crippen LogP contribution is -2.27. The molecule has 0 amide bonds. The lowest BCUT2D eigenvalue weighted by Gasteiger charge is -2.26. The minimum absolute atomic E-state index is 0.00519. The van der Waals surface area contributed by atoms with Gasteiger partial charge in [-0.05, 0) is 24.7 Å².